The molecule has 1 atom stereocenters. The zero-order valence-electron chi connectivity index (χ0n) is 52.5. The van der Waals surface area contributed by atoms with Gasteiger partial charge in [0.05, 0.1) is 0 Å². The average molecular weight is 1090 g/mol. The summed E-state index contributed by atoms with van der Waals surface area (Å²) in [5.41, 5.74) is 0. The molecule has 456 valence electrons. The predicted octanol–water partition coefficient (Wildman–Crippen LogP) is 23.7. The topological polar surface area (TPSA) is 78.9 Å². The largest absolute Gasteiger partial charge is 0.462 e. The highest BCUT2D eigenvalue weighted by atomic mass is 16.6. The molecule has 0 aliphatic carbocycles. The van der Waals surface area contributed by atoms with Crippen LogP contribution in [0.15, 0.2) is 48.6 Å². The Labute approximate surface area is 486 Å². The molecule has 6 heteroatoms. The molecule has 0 aliphatic rings. The second kappa shape index (κ2) is 66.9. The number of carbonyl (C=O) groups is 3. The lowest BCUT2D eigenvalue weighted by atomic mass is 10.0. The summed E-state index contributed by atoms with van der Waals surface area (Å²) in [4.78, 5) is 38.3. The van der Waals surface area contributed by atoms with Crippen molar-refractivity contribution in [1.82, 2.24) is 0 Å². The lowest BCUT2D eigenvalue weighted by Crippen LogP contribution is -2.30. The molecule has 0 amide bonds. The van der Waals surface area contributed by atoms with Gasteiger partial charge in [0.2, 0.25) is 0 Å². The molecule has 0 heterocycles. The molecule has 0 bridgehead atoms. The third kappa shape index (κ3) is 64.2. The van der Waals surface area contributed by atoms with Gasteiger partial charge >= 0.3 is 17.9 Å². The fraction of sp³-hybridized carbons (Fsp3) is 0.847. The first-order valence-corrected chi connectivity index (χ1v) is 34.6. The fourth-order valence-electron chi connectivity index (χ4n) is 10.4. The van der Waals surface area contributed by atoms with E-state index < -0.39 is 6.10 Å². The number of carbonyl (C=O) groups excluding carboxylic acids is 3. The fourth-order valence-corrected chi connectivity index (χ4v) is 10.4. The molecule has 0 aromatic carbocycles. The van der Waals surface area contributed by atoms with Crippen LogP contribution in [0, 0.1) is 0 Å². The van der Waals surface area contributed by atoms with Crippen molar-refractivity contribution in [1.29, 1.82) is 0 Å². The SMILES string of the molecule is CC/C=C\C/C=C\C/C=C\C/C=C\CCCCCCCCCCCCCCCCCCCCC(=O)OCC(COC(=O)CCCCCCCCCCC)OC(=O)CCCCCCCCCCCCCCCCCCCCCC. The maximum atomic E-state index is 12.9. The Hall–Kier alpha value is -2.63. The summed E-state index contributed by atoms with van der Waals surface area (Å²) in [6, 6.07) is 0. The van der Waals surface area contributed by atoms with Gasteiger partial charge in [0.15, 0.2) is 6.10 Å². The minimum Gasteiger partial charge on any atom is -0.462 e. The van der Waals surface area contributed by atoms with Crippen molar-refractivity contribution in [3.8, 4) is 0 Å². The Balaban J connectivity index is 4.07. The molecule has 0 radical (unpaired) electrons. The number of esters is 3. The number of unbranched alkanes of at least 4 members (excludes halogenated alkanes) is 45. The van der Waals surface area contributed by atoms with Gasteiger partial charge in [-0.25, -0.2) is 0 Å². The van der Waals surface area contributed by atoms with Gasteiger partial charge in [0.1, 0.15) is 13.2 Å². The smallest absolute Gasteiger partial charge is 0.306 e. The maximum Gasteiger partial charge on any atom is 0.306 e. The van der Waals surface area contributed by atoms with Crippen LogP contribution in [0.2, 0.25) is 0 Å². The van der Waals surface area contributed by atoms with Crippen molar-refractivity contribution in [2.45, 2.75) is 380 Å². The average Bonchev–Trinajstić information content (AvgIpc) is 3.44. The van der Waals surface area contributed by atoms with Crippen LogP contribution < -0.4 is 0 Å². The third-order valence-electron chi connectivity index (χ3n) is 15.6. The zero-order chi connectivity index (χ0) is 56.4. The van der Waals surface area contributed by atoms with Crippen molar-refractivity contribution >= 4 is 17.9 Å². The van der Waals surface area contributed by atoms with Crippen LogP contribution in [0.25, 0.3) is 0 Å². The van der Waals surface area contributed by atoms with Crippen molar-refractivity contribution in [2.24, 2.45) is 0 Å². The van der Waals surface area contributed by atoms with Crippen LogP contribution in [0.3, 0.4) is 0 Å². The van der Waals surface area contributed by atoms with Crippen LogP contribution in [0.1, 0.15) is 374 Å². The number of hydrogen-bond acceptors (Lipinski definition) is 6. The molecule has 0 saturated heterocycles. The second-order valence-electron chi connectivity index (χ2n) is 23.4. The summed E-state index contributed by atoms with van der Waals surface area (Å²) in [5, 5.41) is 0. The third-order valence-corrected chi connectivity index (χ3v) is 15.6. The van der Waals surface area contributed by atoms with Crippen LogP contribution in [0.4, 0.5) is 0 Å². The van der Waals surface area contributed by atoms with E-state index in [-0.39, 0.29) is 31.1 Å². The Morgan fingerprint density at radius 3 is 0.782 bits per heavy atom. The van der Waals surface area contributed by atoms with E-state index in [0.29, 0.717) is 19.3 Å². The quantitative estimate of drug-likeness (QED) is 0.0261. The van der Waals surface area contributed by atoms with Crippen LogP contribution >= 0.6 is 0 Å². The number of rotatable bonds is 64. The van der Waals surface area contributed by atoms with Crippen LogP contribution in [-0.2, 0) is 28.6 Å². The first-order valence-electron chi connectivity index (χ1n) is 34.6. The van der Waals surface area contributed by atoms with E-state index in [2.05, 4.69) is 69.4 Å². The summed E-state index contributed by atoms with van der Waals surface area (Å²) in [6.45, 7) is 6.58. The highest BCUT2D eigenvalue weighted by Crippen LogP contribution is 2.18. The molecule has 0 aliphatic heterocycles. The molecule has 0 fully saturated rings. The summed E-state index contributed by atoms with van der Waals surface area (Å²) in [5.74, 6) is -0.841. The van der Waals surface area contributed by atoms with Crippen molar-refractivity contribution < 1.29 is 28.6 Å². The van der Waals surface area contributed by atoms with Crippen LogP contribution in [-0.4, -0.2) is 37.2 Å². The summed E-state index contributed by atoms with van der Waals surface area (Å²) < 4.78 is 16.9. The van der Waals surface area contributed by atoms with Crippen molar-refractivity contribution in [3.05, 3.63) is 48.6 Å². The second-order valence-corrected chi connectivity index (χ2v) is 23.4. The molecule has 0 aromatic heterocycles. The number of allylic oxidation sites excluding steroid dienone is 8. The molecule has 78 heavy (non-hydrogen) atoms. The van der Waals surface area contributed by atoms with E-state index in [4.69, 9.17) is 14.2 Å². The lowest BCUT2D eigenvalue weighted by molar-refractivity contribution is -0.167. The van der Waals surface area contributed by atoms with Gasteiger partial charge in [-0.1, -0.05) is 345 Å². The van der Waals surface area contributed by atoms with Gasteiger partial charge < -0.3 is 14.2 Å². The number of hydrogen-bond donors (Lipinski definition) is 0. The van der Waals surface area contributed by atoms with E-state index in [0.717, 1.165) is 83.5 Å². The van der Waals surface area contributed by atoms with Gasteiger partial charge in [-0.2, -0.15) is 0 Å². The molecular formula is C72H132O6. The van der Waals surface area contributed by atoms with Crippen LogP contribution in [0.5, 0.6) is 0 Å². The zero-order valence-corrected chi connectivity index (χ0v) is 52.5. The molecule has 0 saturated carbocycles. The summed E-state index contributed by atoms with van der Waals surface area (Å²) in [7, 11) is 0. The minimum absolute atomic E-state index is 0.0656. The Morgan fingerprint density at radius 2 is 0.500 bits per heavy atom. The molecule has 0 aromatic rings. The number of ether oxygens (including phenoxy) is 3. The van der Waals surface area contributed by atoms with E-state index in [9.17, 15) is 14.4 Å². The van der Waals surface area contributed by atoms with E-state index in [1.54, 1.807) is 0 Å². The van der Waals surface area contributed by atoms with Crippen molar-refractivity contribution in [3.63, 3.8) is 0 Å². The highest BCUT2D eigenvalue weighted by molar-refractivity contribution is 5.71. The monoisotopic (exact) mass is 1090 g/mol. The maximum absolute atomic E-state index is 12.9. The van der Waals surface area contributed by atoms with Gasteiger partial charge in [-0.05, 0) is 57.8 Å². The lowest BCUT2D eigenvalue weighted by Gasteiger charge is -2.18. The predicted molar refractivity (Wildman–Crippen MR) is 339 cm³/mol. The minimum atomic E-state index is -0.767. The standard InChI is InChI=1S/C72H132O6/c1-4-7-10-13-16-19-21-23-25-27-29-31-32-33-34-35-36-37-38-39-40-41-43-44-46-48-50-53-56-59-62-65-71(74)77-68-69(67-76-70(73)64-61-58-55-52-18-15-12-9-6-3)78-72(75)66-63-60-57-54-51-49-47-45-42-30-28-26-24-22-20-17-14-11-8-5-2/h7,10,16,19,23,25,29,31,69H,4-6,8-9,11-15,17-18,20-22,24,26-28,30,32-68H2,1-3H3/b10-7-,19-16-,25-23-,31-29-. The molecule has 6 nitrogen and oxygen atoms in total. The van der Waals surface area contributed by atoms with Crippen molar-refractivity contribution in [2.75, 3.05) is 13.2 Å². The van der Waals surface area contributed by atoms with Gasteiger partial charge in [-0.3, -0.25) is 14.4 Å². The summed E-state index contributed by atoms with van der Waals surface area (Å²) >= 11 is 0. The normalized spacial score (nSPS) is 12.3. The van der Waals surface area contributed by atoms with Gasteiger partial charge in [0.25, 0.3) is 0 Å². The Morgan fingerprint density at radius 1 is 0.269 bits per heavy atom. The molecule has 0 N–H and O–H groups in total. The first-order chi connectivity index (χ1) is 38.5. The highest BCUT2D eigenvalue weighted by Gasteiger charge is 2.19. The van der Waals surface area contributed by atoms with E-state index in [1.165, 1.54) is 250 Å². The van der Waals surface area contributed by atoms with E-state index >= 15 is 0 Å². The molecule has 0 rings (SSSR count). The van der Waals surface area contributed by atoms with Gasteiger partial charge in [-0.15, -0.1) is 0 Å². The summed E-state index contributed by atoms with van der Waals surface area (Å²) in [6.07, 6.45) is 84.4. The van der Waals surface area contributed by atoms with Gasteiger partial charge in [0, 0.05) is 19.3 Å². The Bertz CT molecular complexity index is 1350. The van der Waals surface area contributed by atoms with E-state index in [1.807, 2.05) is 0 Å². The molecule has 0 spiro atoms. The molecular weight excluding hydrogens is 961 g/mol. The Kier molecular flexibility index (Phi) is 64.6. The molecule has 1 unspecified atom stereocenters. The first kappa shape index (κ1) is 75.4.